The smallest absolute Gasteiger partial charge is 0.146 e. The number of hydrogen-bond donors (Lipinski definition) is 1. The molecule has 0 aliphatic heterocycles. The van der Waals surface area contributed by atoms with Gasteiger partial charge in [0.25, 0.3) is 0 Å². The van der Waals surface area contributed by atoms with Crippen LogP contribution in [0.3, 0.4) is 0 Å². The highest BCUT2D eigenvalue weighted by Crippen LogP contribution is 2.17. The first-order valence-electron chi connectivity index (χ1n) is 5.05. The summed E-state index contributed by atoms with van der Waals surface area (Å²) in [7, 11) is 0. The van der Waals surface area contributed by atoms with Crippen LogP contribution in [0.4, 0.5) is 10.1 Å². The van der Waals surface area contributed by atoms with E-state index in [1.165, 1.54) is 6.21 Å². The number of benzene rings is 2. The van der Waals surface area contributed by atoms with Crippen LogP contribution in [0, 0.1) is 5.82 Å². The van der Waals surface area contributed by atoms with Crippen LogP contribution in [0.25, 0.3) is 0 Å². The maximum Gasteiger partial charge on any atom is 0.146 e. The quantitative estimate of drug-likeness (QED) is 0.670. The first-order chi connectivity index (χ1) is 8.27. The third-order valence-electron chi connectivity index (χ3n) is 2.15. The van der Waals surface area contributed by atoms with Crippen molar-refractivity contribution in [3.05, 3.63) is 64.4 Å². The highest BCUT2D eigenvalue weighted by molar-refractivity contribution is 9.10. The van der Waals surface area contributed by atoms with Crippen LogP contribution in [0.5, 0.6) is 0 Å². The number of hydrogen-bond acceptors (Lipinski definition) is 2. The van der Waals surface area contributed by atoms with E-state index >= 15 is 0 Å². The van der Waals surface area contributed by atoms with Crippen molar-refractivity contribution < 1.29 is 4.39 Å². The Morgan fingerprint density at radius 3 is 2.59 bits per heavy atom. The zero-order chi connectivity index (χ0) is 12.1. The Morgan fingerprint density at radius 1 is 1.06 bits per heavy atom. The maximum absolute atomic E-state index is 13.6. The molecule has 4 heteroatoms. The molecule has 0 radical (unpaired) electrons. The van der Waals surface area contributed by atoms with Gasteiger partial charge in [-0.3, -0.25) is 5.43 Å². The Labute approximate surface area is 107 Å². The normalized spacial score (nSPS) is 10.7. The molecule has 0 aromatic heterocycles. The summed E-state index contributed by atoms with van der Waals surface area (Å²) in [5, 5.41) is 3.98. The van der Waals surface area contributed by atoms with Crippen molar-refractivity contribution >= 4 is 27.8 Å². The standard InChI is InChI=1S/C13H10BrFN2/c14-12-8-4-5-10(13(12)15)9-16-17-11-6-2-1-3-7-11/h1-9,17H. The third kappa shape index (κ3) is 3.14. The second-order valence-electron chi connectivity index (χ2n) is 3.38. The summed E-state index contributed by atoms with van der Waals surface area (Å²) >= 11 is 3.13. The van der Waals surface area contributed by atoms with Gasteiger partial charge >= 0.3 is 0 Å². The van der Waals surface area contributed by atoms with Gasteiger partial charge in [0.05, 0.1) is 16.4 Å². The van der Waals surface area contributed by atoms with Crippen molar-refractivity contribution in [2.45, 2.75) is 0 Å². The molecule has 0 bridgehead atoms. The van der Waals surface area contributed by atoms with E-state index in [0.717, 1.165) is 5.69 Å². The lowest BCUT2D eigenvalue weighted by Gasteiger charge is -2.00. The van der Waals surface area contributed by atoms with Crippen LogP contribution in [0.2, 0.25) is 0 Å². The van der Waals surface area contributed by atoms with Gasteiger partial charge in [-0.1, -0.05) is 30.3 Å². The van der Waals surface area contributed by atoms with Gasteiger partial charge in [0.1, 0.15) is 5.82 Å². The minimum absolute atomic E-state index is 0.314. The molecule has 1 N–H and O–H groups in total. The molecule has 17 heavy (non-hydrogen) atoms. The molecule has 0 atom stereocenters. The molecule has 0 amide bonds. The third-order valence-corrected chi connectivity index (χ3v) is 2.76. The van der Waals surface area contributed by atoms with E-state index in [9.17, 15) is 4.39 Å². The summed E-state index contributed by atoms with van der Waals surface area (Å²) in [6.45, 7) is 0. The SMILES string of the molecule is Fc1c(Br)cccc1C=NNc1ccccc1. The Bertz CT molecular complexity index is 526. The van der Waals surface area contributed by atoms with Gasteiger partial charge in [-0.2, -0.15) is 5.10 Å². The Kier molecular flexibility index (Phi) is 3.88. The molecular formula is C13H10BrFN2. The second-order valence-corrected chi connectivity index (χ2v) is 4.23. The summed E-state index contributed by atoms with van der Waals surface area (Å²) in [5.74, 6) is -0.314. The minimum atomic E-state index is -0.314. The molecule has 0 spiro atoms. The summed E-state index contributed by atoms with van der Waals surface area (Å²) in [5.41, 5.74) is 4.12. The van der Waals surface area contributed by atoms with E-state index in [4.69, 9.17) is 0 Å². The van der Waals surface area contributed by atoms with Gasteiger partial charge in [0.2, 0.25) is 0 Å². The Balaban J connectivity index is 2.09. The maximum atomic E-state index is 13.6. The van der Waals surface area contributed by atoms with Crippen LogP contribution in [-0.4, -0.2) is 6.21 Å². The number of nitrogens with zero attached hydrogens (tertiary/aromatic N) is 1. The summed E-state index contributed by atoms with van der Waals surface area (Å²) < 4.78 is 14.0. The molecule has 0 saturated heterocycles. The number of para-hydroxylation sites is 1. The van der Waals surface area contributed by atoms with Crippen LogP contribution in [0.15, 0.2) is 58.1 Å². The van der Waals surface area contributed by atoms with Crippen LogP contribution < -0.4 is 5.43 Å². The molecule has 2 rings (SSSR count). The second kappa shape index (κ2) is 5.59. The number of anilines is 1. The zero-order valence-corrected chi connectivity index (χ0v) is 10.5. The van der Waals surface area contributed by atoms with Gasteiger partial charge < -0.3 is 0 Å². The van der Waals surface area contributed by atoms with Crippen LogP contribution in [-0.2, 0) is 0 Å². The lowest BCUT2D eigenvalue weighted by atomic mass is 10.2. The van der Waals surface area contributed by atoms with Crippen molar-refractivity contribution in [1.82, 2.24) is 0 Å². The molecule has 2 nitrogen and oxygen atoms in total. The fourth-order valence-electron chi connectivity index (χ4n) is 1.31. The first kappa shape index (κ1) is 11.8. The highest BCUT2D eigenvalue weighted by atomic mass is 79.9. The monoisotopic (exact) mass is 292 g/mol. The molecule has 0 heterocycles. The molecule has 0 saturated carbocycles. The predicted molar refractivity (Wildman–Crippen MR) is 71.8 cm³/mol. The molecular weight excluding hydrogens is 283 g/mol. The van der Waals surface area contributed by atoms with Crippen LogP contribution >= 0.6 is 15.9 Å². The van der Waals surface area contributed by atoms with E-state index in [0.29, 0.717) is 10.0 Å². The van der Waals surface area contributed by atoms with Gasteiger partial charge in [-0.15, -0.1) is 0 Å². The topological polar surface area (TPSA) is 24.4 Å². The van der Waals surface area contributed by atoms with E-state index in [1.54, 1.807) is 18.2 Å². The van der Waals surface area contributed by atoms with E-state index < -0.39 is 0 Å². The molecule has 0 aliphatic rings. The number of hydrazone groups is 1. The van der Waals surface area contributed by atoms with Gasteiger partial charge in [0.15, 0.2) is 0 Å². The van der Waals surface area contributed by atoms with Gasteiger partial charge in [-0.25, -0.2) is 4.39 Å². The first-order valence-corrected chi connectivity index (χ1v) is 5.85. The molecule has 0 unspecified atom stereocenters. The Morgan fingerprint density at radius 2 is 1.82 bits per heavy atom. The van der Waals surface area contributed by atoms with Crippen molar-refractivity contribution in [3.63, 3.8) is 0 Å². The van der Waals surface area contributed by atoms with Gasteiger partial charge in [-0.05, 0) is 34.1 Å². The molecule has 2 aromatic carbocycles. The van der Waals surface area contributed by atoms with Crippen LogP contribution in [0.1, 0.15) is 5.56 Å². The lowest BCUT2D eigenvalue weighted by Crippen LogP contribution is -1.93. The average Bonchev–Trinajstić information content (AvgIpc) is 2.36. The van der Waals surface area contributed by atoms with Crippen molar-refractivity contribution in [3.8, 4) is 0 Å². The molecule has 0 aliphatic carbocycles. The number of rotatable bonds is 3. The molecule has 2 aromatic rings. The average molecular weight is 293 g/mol. The summed E-state index contributed by atoms with van der Waals surface area (Å²) in [6.07, 6.45) is 1.45. The van der Waals surface area contributed by atoms with E-state index in [2.05, 4.69) is 26.5 Å². The van der Waals surface area contributed by atoms with Crippen molar-refractivity contribution in [1.29, 1.82) is 0 Å². The molecule has 0 fully saturated rings. The number of halogens is 2. The number of nitrogens with one attached hydrogen (secondary N) is 1. The van der Waals surface area contributed by atoms with Gasteiger partial charge in [0, 0.05) is 5.56 Å². The fourth-order valence-corrected chi connectivity index (χ4v) is 1.69. The van der Waals surface area contributed by atoms with E-state index in [1.807, 2.05) is 30.3 Å². The predicted octanol–water partition coefficient (Wildman–Crippen LogP) is 4.03. The lowest BCUT2D eigenvalue weighted by molar-refractivity contribution is 0.619. The molecule has 86 valence electrons. The highest BCUT2D eigenvalue weighted by Gasteiger charge is 2.02. The largest absolute Gasteiger partial charge is 0.279 e. The minimum Gasteiger partial charge on any atom is -0.279 e. The van der Waals surface area contributed by atoms with Crippen molar-refractivity contribution in [2.75, 3.05) is 5.43 Å². The van der Waals surface area contributed by atoms with Crippen molar-refractivity contribution in [2.24, 2.45) is 5.10 Å². The summed E-state index contributed by atoms with van der Waals surface area (Å²) in [6, 6.07) is 14.6. The van der Waals surface area contributed by atoms with E-state index in [-0.39, 0.29) is 5.82 Å². The zero-order valence-electron chi connectivity index (χ0n) is 8.90. The Hall–Kier alpha value is -1.68. The summed E-state index contributed by atoms with van der Waals surface area (Å²) in [4.78, 5) is 0. The fraction of sp³-hybridized carbons (Fsp3) is 0.